The molecule has 0 atom stereocenters. The van der Waals surface area contributed by atoms with Gasteiger partial charge in [0.05, 0.1) is 5.69 Å². The maximum Gasteiger partial charge on any atom is 0.231 e. The maximum atomic E-state index is 12.2. The molecule has 0 saturated heterocycles. The zero-order chi connectivity index (χ0) is 17.1. The predicted molar refractivity (Wildman–Crippen MR) is 97.1 cm³/mol. The number of carbonyl (C=O) groups is 1. The van der Waals surface area contributed by atoms with E-state index in [0.29, 0.717) is 30.0 Å². The lowest BCUT2D eigenvalue weighted by atomic mass is 10.2. The second-order valence-electron chi connectivity index (χ2n) is 5.63. The van der Waals surface area contributed by atoms with Crippen LogP contribution >= 0.6 is 11.3 Å². The monoisotopic (exact) mass is 352 g/mol. The van der Waals surface area contributed by atoms with Crippen molar-refractivity contribution in [3.8, 4) is 22.1 Å². The Balaban J connectivity index is 1.34. The van der Waals surface area contributed by atoms with Crippen molar-refractivity contribution < 1.29 is 14.3 Å². The molecule has 6 heteroatoms. The minimum atomic E-state index is -0.0480. The molecular weight excluding hydrogens is 336 g/mol. The summed E-state index contributed by atoms with van der Waals surface area (Å²) in [6.07, 6.45) is 0.992. The summed E-state index contributed by atoms with van der Waals surface area (Å²) in [5.74, 6) is 1.31. The first-order chi connectivity index (χ1) is 12.3. The first-order valence-corrected chi connectivity index (χ1v) is 8.85. The van der Waals surface area contributed by atoms with E-state index in [-0.39, 0.29) is 12.7 Å². The minimum Gasteiger partial charge on any atom is -0.454 e. The fourth-order valence-electron chi connectivity index (χ4n) is 2.57. The molecule has 0 bridgehead atoms. The number of anilines is 1. The van der Waals surface area contributed by atoms with E-state index in [4.69, 9.17) is 9.47 Å². The zero-order valence-corrected chi connectivity index (χ0v) is 14.2. The Labute approximate surface area is 149 Å². The Kier molecular flexibility index (Phi) is 4.35. The number of hydrogen-bond donors (Lipinski definition) is 1. The van der Waals surface area contributed by atoms with Crippen molar-refractivity contribution >= 4 is 22.9 Å². The molecule has 2 aromatic carbocycles. The number of nitrogens with one attached hydrogen (secondary N) is 1. The summed E-state index contributed by atoms with van der Waals surface area (Å²) in [6.45, 7) is 0.223. The largest absolute Gasteiger partial charge is 0.454 e. The van der Waals surface area contributed by atoms with Crippen LogP contribution in [-0.2, 0) is 11.2 Å². The van der Waals surface area contributed by atoms with Gasteiger partial charge in [0.25, 0.3) is 0 Å². The third kappa shape index (κ3) is 3.64. The smallest absolute Gasteiger partial charge is 0.231 e. The second-order valence-corrected chi connectivity index (χ2v) is 6.48. The van der Waals surface area contributed by atoms with Crippen LogP contribution in [0.2, 0.25) is 0 Å². The van der Waals surface area contributed by atoms with Crippen LogP contribution in [0, 0.1) is 0 Å². The number of aryl methyl sites for hydroxylation is 1. The molecule has 126 valence electrons. The number of ether oxygens (including phenoxy) is 2. The van der Waals surface area contributed by atoms with Gasteiger partial charge >= 0.3 is 0 Å². The molecule has 5 nitrogen and oxygen atoms in total. The number of nitrogens with zero attached hydrogens (tertiary/aromatic N) is 1. The van der Waals surface area contributed by atoms with Gasteiger partial charge in [-0.2, -0.15) is 0 Å². The molecular formula is C19H16N2O3S. The SMILES string of the molecule is O=C(CCc1csc(-c2ccccc2)n1)Nc1ccc2c(c1)OCO2. The number of rotatable bonds is 5. The molecule has 1 amide bonds. The van der Waals surface area contributed by atoms with E-state index in [0.717, 1.165) is 16.3 Å². The maximum absolute atomic E-state index is 12.2. The zero-order valence-electron chi connectivity index (χ0n) is 13.4. The number of amides is 1. The lowest BCUT2D eigenvalue weighted by molar-refractivity contribution is -0.116. The van der Waals surface area contributed by atoms with Crippen LogP contribution in [0.1, 0.15) is 12.1 Å². The lowest BCUT2D eigenvalue weighted by Gasteiger charge is -2.05. The summed E-state index contributed by atoms with van der Waals surface area (Å²) in [7, 11) is 0. The molecule has 3 aromatic rings. The second kappa shape index (κ2) is 6.94. The summed E-state index contributed by atoms with van der Waals surface area (Å²) in [5, 5.41) is 5.87. The number of aromatic nitrogens is 1. The Morgan fingerprint density at radius 1 is 1.12 bits per heavy atom. The molecule has 0 radical (unpaired) electrons. The third-order valence-electron chi connectivity index (χ3n) is 3.84. The van der Waals surface area contributed by atoms with E-state index in [2.05, 4.69) is 10.3 Å². The summed E-state index contributed by atoms with van der Waals surface area (Å²) in [6, 6.07) is 15.4. The number of carbonyl (C=O) groups excluding carboxylic acids is 1. The van der Waals surface area contributed by atoms with Gasteiger partial charge in [0.2, 0.25) is 12.7 Å². The highest BCUT2D eigenvalue weighted by atomic mass is 32.1. The summed E-state index contributed by atoms with van der Waals surface area (Å²) in [5.41, 5.74) is 2.74. The first-order valence-electron chi connectivity index (χ1n) is 7.97. The number of fused-ring (bicyclic) bond motifs is 1. The van der Waals surface area contributed by atoms with E-state index in [1.54, 1.807) is 23.5 Å². The number of hydrogen-bond acceptors (Lipinski definition) is 5. The highest BCUT2D eigenvalue weighted by molar-refractivity contribution is 7.13. The molecule has 4 rings (SSSR count). The van der Waals surface area contributed by atoms with Crippen LogP contribution in [0.4, 0.5) is 5.69 Å². The molecule has 0 aliphatic carbocycles. The molecule has 1 aliphatic rings. The van der Waals surface area contributed by atoms with Gasteiger partial charge in [-0.3, -0.25) is 4.79 Å². The van der Waals surface area contributed by atoms with Crippen LogP contribution in [0.25, 0.3) is 10.6 Å². The summed E-state index contributed by atoms with van der Waals surface area (Å²) in [4.78, 5) is 16.8. The Morgan fingerprint density at radius 3 is 2.84 bits per heavy atom. The molecule has 2 heterocycles. The van der Waals surface area contributed by atoms with Crippen molar-refractivity contribution in [1.29, 1.82) is 0 Å². The third-order valence-corrected chi connectivity index (χ3v) is 4.78. The van der Waals surface area contributed by atoms with Gasteiger partial charge in [-0.25, -0.2) is 4.98 Å². The van der Waals surface area contributed by atoms with E-state index < -0.39 is 0 Å². The quantitative estimate of drug-likeness (QED) is 0.751. The Morgan fingerprint density at radius 2 is 1.96 bits per heavy atom. The highest BCUT2D eigenvalue weighted by Gasteiger charge is 2.14. The van der Waals surface area contributed by atoms with E-state index in [1.165, 1.54) is 0 Å². The number of benzene rings is 2. The van der Waals surface area contributed by atoms with Crippen LogP contribution in [-0.4, -0.2) is 17.7 Å². The van der Waals surface area contributed by atoms with E-state index in [1.807, 2.05) is 41.8 Å². The van der Waals surface area contributed by atoms with Gasteiger partial charge in [0.15, 0.2) is 11.5 Å². The van der Waals surface area contributed by atoms with Crippen molar-refractivity contribution in [1.82, 2.24) is 4.98 Å². The fraction of sp³-hybridized carbons (Fsp3) is 0.158. The first kappa shape index (κ1) is 15.7. The molecule has 0 spiro atoms. The van der Waals surface area contributed by atoms with E-state index >= 15 is 0 Å². The molecule has 1 N–H and O–H groups in total. The molecule has 25 heavy (non-hydrogen) atoms. The van der Waals surface area contributed by atoms with Crippen LogP contribution in [0.15, 0.2) is 53.9 Å². The van der Waals surface area contributed by atoms with Gasteiger partial charge in [0.1, 0.15) is 5.01 Å². The molecule has 0 fully saturated rings. The summed E-state index contributed by atoms with van der Waals surface area (Å²) < 4.78 is 10.6. The molecule has 1 aromatic heterocycles. The van der Waals surface area contributed by atoms with Crippen molar-refractivity contribution in [2.45, 2.75) is 12.8 Å². The van der Waals surface area contributed by atoms with E-state index in [9.17, 15) is 4.79 Å². The van der Waals surface area contributed by atoms with Crippen LogP contribution in [0.5, 0.6) is 11.5 Å². The highest BCUT2D eigenvalue weighted by Crippen LogP contribution is 2.34. The topological polar surface area (TPSA) is 60.5 Å². The normalized spacial score (nSPS) is 12.2. The van der Waals surface area contributed by atoms with Crippen molar-refractivity contribution in [3.63, 3.8) is 0 Å². The lowest BCUT2D eigenvalue weighted by Crippen LogP contribution is -2.12. The van der Waals surface area contributed by atoms with Gasteiger partial charge < -0.3 is 14.8 Å². The molecule has 0 saturated carbocycles. The average Bonchev–Trinajstić information content (AvgIpc) is 3.30. The predicted octanol–water partition coefficient (Wildman–Crippen LogP) is 4.11. The van der Waals surface area contributed by atoms with Gasteiger partial charge in [-0.1, -0.05) is 30.3 Å². The Bertz CT molecular complexity index is 893. The van der Waals surface area contributed by atoms with Gasteiger partial charge in [-0.15, -0.1) is 11.3 Å². The summed E-state index contributed by atoms with van der Waals surface area (Å²) >= 11 is 1.60. The van der Waals surface area contributed by atoms with Crippen molar-refractivity contribution in [3.05, 3.63) is 59.6 Å². The van der Waals surface area contributed by atoms with Crippen LogP contribution < -0.4 is 14.8 Å². The number of thiazole rings is 1. The van der Waals surface area contributed by atoms with Crippen LogP contribution in [0.3, 0.4) is 0 Å². The Hall–Kier alpha value is -2.86. The van der Waals surface area contributed by atoms with Gasteiger partial charge in [-0.05, 0) is 18.6 Å². The van der Waals surface area contributed by atoms with Crippen molar-refractivity contribution in [2.75, 3.05) is 12.1 Å². The molecule has 1 aliphatic heterocycles. The minimum absolute atomic E-state index is 0.0480. The van der Waals surface area contributed by atoms with Gasteiger partial charge in [0, 0.05) is 29.1 Å². The van der Waals surface area contributed by atoms with Crippen molar-refractivity contribution in [2.24, 2.45) is 0 Å². The average molecular weight is 352 g/mol. The molecule has 0 unspecified atom stereocenters. The standard InChI is InChI=1S/C19H16N2O3S/c22-18(20-14-6-8-16-17(10-14)24-12-23-16)9-7-15-11-25-19(21-15)13-4-2-1-3-5-13/h1-6,8,10-11H,7,9,12H2,(H,20,22). The fourth-order valence-corrected chi connectivity index (χ4v) is 3.43.